The Morgan fingerprint density at radius 2 is 2.14 bits per heavy atom. The van der Waals surface area contributed by atoms with Crippen molar-refractivity contribution >= 4 is 28.2 Å². The van der Waals surface area contributed by atoms with Gasteiger partial charge in [0, 0.05) is 30.9 Å². The van der Waals surface area contributed by atoms with Crippen LogP contribution in [-0.4, -0.2) is 50.4 Å². The minimum atomic E-state index is 0.163. The molecule has 5 rings (SSSR count). The van der Waals surface area contributed by atoms with Gasteiger partial charge in [-0.1, -0.05) is 0 Å². The van der Waals surface area contributed by atoms with Gasteiger partial charge in [-0.2, -0.15) is 9.47 Å². The van der Waals surface area contributed by atoms with Crippen LogP contribution in [0.15, 0.2) is 40.3 Å². The normalized spacial score (nSPS) is 22.6. The molecule has 8 nitrogen and oxygen atoms in total. The van der Waals surface area contributed by atoms with Crippen molar-refractivity contribution in [3.05, 3.63) is 41.6 Å². The number of hydrogen-bond donors (Lipinski definition) is 2. The van der Waals surface area contributed by atoms with Crippen LogP contribution in [0.5, 0.6) is 0 Å². The molecule has 0 saturated carbocycles. The number of amidine groups is 2. The van der Waals surface area contributed by atoms with Crippen LogP contribution in [0.25, 0.3) is 0 Å². The second kappa shape index (κ2) is 7.14. The van der Waals surface area contributed by atoms with Crippen molar-refractivity contribution in [2.75, 3.05) is 25.0 Å². The first kappa shape index (κ1) is 17.6. The summed E-state index contributed by atoms with van der Waals surface area (Å²) < 4.78 is 6.23. The Morgan fingerprint density at radius 3 is 2.86 bits per heavy atom. The standard InChI is InChI=1S/C19H24N8S/c1-12-7-17(28-25-12)24-18-19-21-9-16(14-8-22-26(2)10-14)27(19)11-15(23-18)13-3-5-20-6-4-13/h7-8,10-11,13,16,20H,3-6,9H2,1-2H3,(H,23,24). The number of aliphatic imine (C=N–C) groups is 2. The van der Waals surface area contributed by atoms with E-state index in [1.165, 1.54) is 17.1 Å². The van der Waals surface area contributed by atoms with Crippen LogP contribution in [0.3, 0.4) is 0 Å². The van der Waals surface area contributed by atoms with Gasteiger partial charge in [-0.15, -0.1) is 0 Å². The molecule has 0 bridgehead atoms. The summed E-state index contributed by atoms with van der Waals surface area (Å²) in [6.45, 7) is 4.80. The van der Waals surface area contributed by atoms with Crippen molar-refractivity contribution in [1.29, 1.82) is 0 Å². The molecule has 2 aromatic rings. The molecule has 5 heterocycles. The fourth-order valence-corrected chi connectivity index (χ4v) is 4.67. The summed E-state index contributed by atoms with van der Waals surface area (Å²) in [5.74, 6) is 2.20. The lowest BCUT2D eigenvalue weighted by Gasteiger charge is -2.32. The SMILES string of the molecule is Cc1cc(NC2=NC(C3CCNCC3)=CN3C2=NCC3c2cnn(C)c2)sn1. The fourth-order valence-electron chi connectivity index (χ4n) is 4.00. The molecule has 0 radical (unpaired) electrons. The average molecular weight is 397 g/mol. The van der Waals surface area contributed by atoms with Crippen LogP contribution < -0.4 is 10.6 Å². The summed E-state index contributed by atoms with van der Waals surface area (Å²) in [5, 5.41) is 12.3. The molecule has 0 aromatic carbocycles. The number of rotatable bonds is 3. The van der Waals surface area contributed by atoms with Gasteiger partial charge >= 0.3 is 0 Å². The predicted octanol–water partition coefficient (Wildman–Crippen LogP) is 2.31. The molecule has 1 unspecified atom stereocenters. The second-order valence-electron chi connectivity index (χ2n) is 7.53. The third-order valence-electron chi connectivity index (χ3n) is 5.46. The zero-order valence-electron chi connectivity index (χ0n) is 16.1. The van der Waals surface area contributed by atoms with E-state index in [-0.39, 0.29) is 6.04 Å². The van der Waals surface area contributed by atoms with Crippen LogP contribution in [-0.2, 0) is 7.05 Å². The maximum absolute atomic E-state index is 5.01. The van der Waals surface area contributed by atoms with E-state index in [9.17, 15) is 0 Å². The van der Waals surface area contributed by atoms with E-state index in [0.717, 1.165) is 54.0 Å². The number of hydrogen-bond acceptors (Lipinski definition) is 8. The van der Waals surface area contributed by atoms with Gasteiger partial charge in [0.25, 0.3) is 0 Å². The Balaban J connectivity index is 1.49. The molecule has 2 N–H and O–H groups in total. The highest BCUT2D eigenvalue weighted by Crippen LogP contribution is 2.34. The van der Waals surface area contributed by atoms with Crippen LogP contribution in [0.1, 0.15) is 30.1 Å². The molecule has 9 heteroatoms. The van der Waals surface area contributed by atoms with Gasteiger partial charge in [0.05, 0.1) is 30.2 Å². The zero-order chi connectivity index (χ0) is 19.1. The lowest BCUT2D eigenvalue weighted by Crippen LogP contribution is -2.39. The van der Waals surface area contributed by atoms with Crippen LogP contribution in [0, 0.1) is 12.8 Å². The Bertz CT molecular complexity index is 962. The maximum Gasteiger partial charge on any atom is 0.174 e. The van der Waals surface area contributed by atoms with Crippen molar-refractivity contribution < 1.29 is 0 Å². The van der Waals surface area contributed by atoms with Gasteiger partial charge in [0.15, 0.2) is 11.7 Å². The summed E-state index contributed by atoms with van der Waals surface area (Å²) in [4.78, 5) is 12.1. The van der Waals surface area contributed by atoms with Crippen molar-refractivity contribution in [3.63, 3.8) is 0 Å². The van der Waals surface area contributed by atoms with E-state index in [2.05, 4.69) is 37.4 Å². The number of anilines is 1. The minimum Gasteiger partial charge on any atom is -0.328 e. The maximum atomic E-state index is 5.01. The first-order chi connectivity index (χ1) is 13.7. The van der Waals surface area contributed by atoms with E-state index in [0.29, 0.717) is 12.5 Å². The van der Waals surface area contributed by atoms with E-state index in [1.54, 1.807) is 0 Å². The van der Waals surface area contributed by atoms with Crippen LogP contribution in [0.2, 0.25) is 0 Å². The quantitative estimate of drug-likeness (QED) is 0.832. The number of nitrogens with one attached hydrogen (secondary N) is 2. The average Bonchev–Trinajstić information content (AvgIpc) is 3.42. The molecule has 2 aromatic heterocycles. The lowest BCUT2D eigenvalue weighted by molar-refractivity contribution is 0.397. The number of nitrogens with zero attached hydrogens (tertiary/aromatic N) is 6. The molecule has 0 aliphatic carbocycles. The zero-order valence-corrected chi connectivity index (χ0v) is 16.9. The van der Waals surface area contributed by atoms with Crippen LogP contribution >= 0.6 is 11.5 Å². The molecule has 1 fully saturated rings. The fraction of sp³-hybridized carbons (Fsp3) is 0.474. The first-order valence-electron chi connectivity index (χ1n) is 9.70. The number of fused-ring (bicyclic) bond motifs is 1. The van der Waals surface area contributed by atoms with E-state index in [1.807, 2.05) is 30.9 Å². The molecule has 3 aliphatic heterocycles. The third-order valence-corrected chi connectivity index (χ3v) is 6.25. The lowest BCUT2D eigenvalue weighted by atomic mass is 9.94. The van der Waals surface area contributed by atoms with Gasteiger partial charge < -0.3 is 15.5 Å². The number of aryl methyl sites for hydroxylation is 2. The number of aromatic nitrogens is 3. The van der Waals surface area contributed by atoms with Crippen LogP contribution in [0.4, 0.5) is 5.00 Å². The Labute approximate surface area is 168 Å². The molecule has 0 spiro atoms. The van der Waals surface area contributed by atoms with Gasteiger partial charge in [-0.25, -0.2) is 4.99 Å². The van der Waals surface area contributed by atoms with E-state index in [4.69, 9.17) is 9.98 Å². The molecular weight excluding hydrogens is 372 g/mol. The number of allylic oxidation sites excluding steroid dienone is 1. The summed E-state index contributed by atoms with van der Waals surface area (Å²) in [6, 6.07) is 2.21. The molecule has 0 amide bonds. The predicted molar refractivity (Wildman–Crippen MR) is 112 cm³/mol. The summed E-state index contributed by atoms with van der Waals surface area (Å²) >= 11 is 1.46. The Hall–Kier alpha value is -2.52. The molecular formula is C19H24N8S. The van der Waals surface area contributed by atoms with Crippen molar-refractivity contribution in [1.82, 2.24) is 24.4 Å². The highest BCUT2D eigenvalue weighted by molar-refractivity contribution is 7.10. The highest BCUT2D eigenvalue weighted by atomic mass is 32.1. The first-order valence-corrected chi connectivity index (χ1v) is 10.5. The smallest absolute Gasteiger partial charge is 0.174 e. The Kier molecular flexibility index (Phi) is 4.48. The largest absolute Gasteiger partial charge is 0.328 e. The summed E-state index contributed by atoms with van der Waals surface area (Å²) in [6.07, 6.45) is 8.45. The molecule has 1 saturated heterocycles. The van der Waals surface area contributed by atoms with Crippen molar-refractivity contribution in [2.45, 2.75) is 25.8 Å². The molecule has 28 heavy (non-hydrogen) atoms. The molecule has 3 aliphatic rings. The summed E-state index contributed by atoms with van der Waals surface area (Å²) in [5.41, 5.74) is 3.33. The second-order valence-corrected chi connectivity index (χ2v) is 8.34. The molecule has 146 valence electrons. The van der Waals surface area contributed by atoms with Gasteiger partial charge in [-0.05, 0) is 50.5 Å². The third kappa shape index (κ3) is 3.24. The van der Waals surface area contributed by atoms with Gasteiger partial charge in [0.1, 0.15) is 5.00 Å². The van der Waals surface area contributed by atoms with Gasteiger partial charge in [-0.3, -0.25) is 9.67 Å². The molecule has 1 atom stereocenters. The summed E-state index contributed by atoms with van der Waals surface area (Å²) in [7, 11) is 1.95. The van der Waals surface area contributed by atoms with E-state index >= 15 is 0 Å². The Morgan fingerprint density at radius 1 is 1.29 bits per heavy atom. The highest BCUT2D eigenvalue weighted by Gasteiger charge is 2.36. The topological polar surface area (TPSA) is 82.7 Å². The van der Waals surface area contributed by atoms with E-state index < -0.39 is 0 Å². The van der Waals surface area contributed by atoms with Crippen molar-refractivity contribution in [2.24, 2.45) is 23.0 Å². The number of piperidine rings is 1. The van der Waals surface area contributed by atoms with Crippen molar-refractivity contribution in [3.8, 4) is 0 Å². The monoisotopic (exact) mass is 396 g/mol. The minimum absolute atomic E-state index is 0.163. The van der Waals surface area contributed by atoms with Gasteiger partial charge in [0.2, 0.25) is 0 Å².